The van der Waals surface area contributed by atoms with Gasteiger partial charge in [-0.1, -0.05) is 41.9 Å². The average molecular weight is 367 g/mol. The number of likely N-dealkylation sites (N-methyl/N-ethyl adjacent to an activating group) is 1. The van der Waals surface area contributed by atoms with Crippen molar-refractivity contribution in [3.8, 4) is 0 Å². The van der Waals surface area contributed by atoms with Gasteiger partial charge in [0.2, 0.25) is 0 Å². The zero-order valence-electron chi connectivity index (χ0n) is 11.8. The van der Waals surface area contributed by atoms with Crippen LogP contribution in [0.4, 0.5) is 5.82 Å². The van der Waals surface area contributed by atoms with Crippen molar-refractivity contribution in [1.82, 2.24) is 9.88 Å². The number of piperazine rings is 1. The fraction of sp³-hybridized carbons (Fsp3) is 0.312. The summed E-state index contributed by atoms with van der Waals surface area (Å²) >= 11 is 9.82. The van der Waals surface area contributed by atoms with Crippen molar-refractivity contribution >= 4 is 33.3 Å². The lowest BCUT2D eigenvalue weighted by molar-refractivity contribution is 0.268. The fourth-order valence-corrected chi connectivity index (χ4v) is 3.49. The maximum absolute atomic E-state index is 6.40. The highest BCUT2D eigenvalue weighted by Gasteiger charge is 2.28. The molecule has 0 spiro atoms. The largest absolute Gasteiger partial charge is 0.346 e. The lowest BCUT2D eigenvalue weighted by Gasteiger charge is -2.41. The van der Waals surface area contributed by atoms with Gasteiger partial charge in [0.05, 0.1) is 11.1 Å². The van der Waals surface area contributed by atoms with Crippen molar-refractivity contribution in [3.63, 3.8) is 0 Å². The van der Waals surface area contributed by atoms with E-state index in [9.17, 15) is 0 Å². The molecule has 3 nitrogen and oxygen atoms in total. The van der Waals surface area contributed by atoms with Crippen molar-refractivity contribution in [3.05, 3.63) is 57.7 Å². The Morgan fingerprint density at radius 1 is 1.24 bits per heavy atom. The number of rotatable bonds is 2. The molecule has 1 aromatic carbocycles. The summed E-state index contributed by atoms with van der Waals surface area (Å²) in [6.07, 6.45) is 1.81. The summed E-state index contributed by atoms with van der Waals surface area (Å²) in [6.45, 7) is 2.90. The van der Waals surface area contributed by atoms with Gasteiger partial charge in [0.15, 0.2) is 0 Å². The molecule has 1 aromatic heterocycles. The highest BCUT2D eigenvalue weighted by atomic mass is 79.9. The Balaban J connectivity index is 1.98. The first kappa shape index (κ1) is 14.8. The molecular weight excluding hydrogens is 350 g/mol. The summed E-state index contributed by atoms with van der Waals surface area (Å²) in [4.78, 5) is 9.19. The van der Waals surface area contributed by atoms with Crippen LogP contribution in [0.3, 0.4) is 0 Å². The molecule has 1 unspecified atom stereocenters. The van der Waals surface area contributed by atoms with Crippen molar-refractivity contribution in [2.75, 3.05) is 31.6 Å². The molecule has 0 amide bonds. The van der Waals surface area contributed by atoms with Crippen molar-refractivity contribution in [1.29, 1.82) is 0 Å². The number of nitrogens with zero attached hydrogens (tertiary/aromatic N) is 3. The molecule has 0 radical (unpaired) electrons. The Morgan fingerprint density at radius 2 is 2.00 bits per heavy atom. The van der Waals surface area contributed by atoms with Crippen LogP contribution in [0.2, 0.25) is 5.02 Å². The second-order valence-corrected chi connectivity index (χ2v) is 6.66. The molecule has 2 heterocycles. The molecule has 21 heavy (non-hydrogen) atoms. The summed E-state index contributed by atoms with van der Waals surface area (Å²) in [5.74, 6) is 0.863. The number of hydrogen-bond acceptors (Lipinski definition) is 3. The maximum atomic E-state index is 6.40. The van der Waals surface area contributed by atoms with Crippen LogP contribution in [0.1, 0.15) is 11.6 Å². The van der Waals surface area contributed by atoms with Gasteiger partial charge < -0.3 is 9.80 Å². The molecule has 0 N–H and O–H groups in total. The predicted octanol–water partition coefficient (Wildman–Crippen LogP) is 3.99. The monoisotopic (exact) mass is 365 g/mol. The van der Waals surface area contributed by atoms with Crippen LogP contribution in [0.25, 0.3) is 0 Å². The number of hydrogen-bond donors (Lipinski definition) is 0. The molecule has 1 aliphatic heterocycles. The summed E-state index contributed by atoms with van der Waals surface area (Å²) < 4.78 is 0.904. The van der Waals surface area contributed by atoms with Crippen LogP contribution in [0, 0.1) is 0 Å². The lowest BCUT2D eigenvalue weighted by atomic mass is 10.0. The quantitative estimate of drug-likeness (QED) is 0.801. The smallest absolute Gasteiger partial charge is 0.148 e. The molecule has 5 heteroatoms. The number of aromatic nitrogens is 1. The van der Waals surface area contributed by atoms with E-state index in [0.717, 1.165) is 29.9 Å². The van der Waals surface area contributed by atoms with E-state index in [4.69, 9.17) is 11.6 Å². The van der Waals surface area contributed by atoms with Crippen molar-refractivity contribution < 1.29 is 0 Å². The van der Waals surface area contributed by atoms with Crippen molar-refractivity contribution in [2.45, 2.75) is 6.04 Å². The van der Waals surface area contributed by atoms with E-state index in [2.05, 4.69) is 62.0 Å². The van der Waals surface area contributed by atoms with Crippen molar-refractivity contribution in [2.24, 2.45) is 0 Å². The second kappa shape index (κ2) is 6.34. The minimum Gasteiger partial charge on any atom is -0.346 e. The first-order valence-electron chi connectivity index (χ1n) is 6.96. The molecule has 0 bridgehead atoms. The van der Waals surface area contributed by atoms with Crippen LogP contribution in [0.15, 0.2) is 47.1 Å². The summed E-state index contributed by atoms with van der Waals surface area (Å²) in [5, 5.41) is 0.690. The molecule has 3 rings (SSSR count). The first-order valence-corrected chi connectivity index (χ1v) is 8.13. The highest BCUT2D eigenvalue weighted by molar-refractivity contribution is 9.10. The lowest BCUT2D eigenvalue weighted by Crippen LogP contribution is -2.47. The SMILES string of the molecule is CN1CCN(c2ncc(Br)cc2Cl)C(c2ccccc2)C1. The van der Waals surface area contributed by atoms with E-state index in [1.807, 2.05) is 18.3 Å². The van der Waals surface area contributed by atoms with Gasteiger partial charge in [-0.3, -0.25) is 0 Å². The van der Waals surface area contributed by atoms with Gasteiger partial charge in [0.25, 0.3) is 0 Å². The Labute approximate surface area is 138 Å². The average Bonchev–Trinajstić information content (AvgIpc) is 2.49. The zero-order valence-corrected chi connectivity index (χ0v) is 14.2. The standard InChI is InChI=1S/C16H17BrClN3/c1-20-7-8-21(16-14(18)9-13(17)10-19-16)15(11-20)12-5-3-2-4-6-12/h2-6,9-10,15H,7-8,11H2,1H3. The summed E-state index contributed by atoms with van der Waals surface area (Å²) in [6, 6.07) is 12.7. The third-order valence-electron chi connectivity index (χ3n) is 3.83. The normalized spacial score (nSPS) is 19.8. The molecule has 110 valence electrons. The van der Waals surface area contributed by atoms with Gasteiger partial charge in [-0.2, -0.15) is 0 Å². The topological polar surface area (TPSA) is 19.4 Å². The second-order valence-electron chi connectivity index (χ2n) is 5.34. The molecule has 0 aliphatic carbocycles. The van der Waals surface area contributed by atoms with Gasteiger partial charge in [-0.05, 0) is 34.6 Å². The van der Waals surface area contributed by atoms with E-state index in [0.29, 0.717) is 5.02 Å². The van der Waals surface area contributed by atoms with Crippen LogP contribution in [0.5, 0.6) is 0 Å². The molecule has 1 saturated heterocycles. The Bertz CT molecular complexity index is 620. The van der Waals surface area contributed by atoms with E-state index < -0.39 is 0 Å². The predicted molar refractivity (Wildman–Crippen MR) is 91.0 cm³/mol. The third kappa shape index (κ3) is 3.23. The van der Waals surface area contributed by atoms with E-state index in [-0.39, 0.29) is 6.04 Å². The summed E-state index contributed by atoms with van der Waals surface area (Å²) in [7, 11) is 2.16. The molecule has 1 aliphatic rings. The Hall–Kier alpha value is -1.10. The summed E-state index contributed by atoms with van der Waals surface area (Å²) in [5.41, 5.74) is 1.30. The number of benzene rings is 1. The number of anilines is 1. The molecule has 2 aromatic rings. The van der Waals surface area contributed by atoms with Gasteiger partial charge in [-0.15, -0.1) is 0 Å². The maximum Gasteiger partial charge on any atom is 0.148 e. The van der Waals surface area contributed by atoms with Gasteiger partial charge >= 0.3 is 0 Å². The van der Waals surface area contributed by atoms with E-state index >= 15 is 0 Å². The third-order valence-corrected chi connectivity index (χ3v) is 4.54. The highest BCUT2D eigenvalue weighted by Crippen LogP contribution is 2.34. The zero-order chi connectivity index (χ0) is 14.8. The molecule has 1 fully saturated rings. The first-order chi connectivity index (χ1) is 10.1. The van der Waals surface area contributed by atoms with E-state index in [1.165, 1.54) is 5.56 Å². The number of pyridine rings is 1. The van der Waals surface area contributed by atoms with Crippen LogP contribution in [-0.2, 0) is 0 Å². The number of halogens is 2. The Morgan fingerprint density at radius 3 is 2.71 bits per heavy atom. The van der Waals surface area contributed by atoms with Gasteiger partial charge in [0.1, 0.15) is 5.82 Å². The minimum absolute atomic E-state index is 0.274. The Kier molecular flexibility index (Phi) is 4.48. The van der Waals surface area contributed by atoms with Gasteiger partial charge in [-0.25, -0.2) is 4.98 Å². The molecule has 0 saturated carbocycles. The van der Waals surface area contributed by atoms with E-state index in [1.54, 1.807) is 0 Å². The fourth-order valence-electron chi connectivity index (χ4n) is 2.75. The van der Waals surface area contributed by atoms with Gasteiger partial charge in [0, 0.05) is 30.3 Å². The molecular formula is C16H17BrClN3. The van der Waals surface area contributed by atoms with Crippen LogP contribution in [-0.4, -0.2) is 36.6 Å². The van der Waals surface area contributed by atoms with Crippen LogP contribution >= 0.6 is 27.5 Å². The molecule has 1 atom stereocenters. The van der Waals surface area contributed by atoms with Crippen LogP contribution < -0.4 is 4.90 Å². The minimum atomic E-state index is 0.274.